The number of carbonyl (C=O) groups excluding carboxylic acids is 1. The fourth-order valence-corrected chi connectivity index (χ4v) is 2.57. The molecule has 1 saturated carbocycles. The van der Waals surface area contributed by atoms with Crippen LogP contribution in [0.4, 0.5) is 0 Å². The highest BCUT2D eigenvalue weighted by molar-refractivity contribution is 7.07. The Morgan fingerprint density at radius 3 is 2.81 bits per heavy atom. The predicted molar refractivity (Wildman–Crippen MR) is 62.2 cm³/mol. The number of hydrogen-bond donors (Lipinski definition) is 3. The van der Waals surface area contributed by atoms with E-state index in [-0.39, 0.29) is 10.8 Å². The van der Waals surface area contributed by atoms with Crippen molar-refractivity contribution in [3.63, 3.8) is 0 Å². The number of nitrogens with one attached hydrogen (secondary N) is 2. The van der Waals surface area contributed by atoms with Crippen molar-refractivity contribution in [2.75, 3.05) is 0 Å². The zero-order valence-corrected chi connectivity index (χ0v) is 9.73. The van der Waals surface area contributed by atoms with Gasteiger partial charge in [0.1, 0.15) is 0 Å². The van der Waals surface area contributed by atoms with E-state index in [9.17, 15) is 9.59 Å². The Kier molecular flexibility index (Phi) is 3.11. The van der Waals surface area contributed by atoms with Gasteiger partial charge in [-0.15, -0.1) is 0 Å². The maximum atomic E-state index is 11.8. The van der Waals surface area contributed by atoms with Crippen molar-refractivity contribution in [3.05, 3.63) is 20.7 Å². The second-order valence-corrected chi connectivity index (χ2v) is 5.06. The van der Waals surface area contributed by atoms with Gasteiger partial charge in [0.05, 0.1) is 12.1 Å². The van der Waals surface area contributed by atoms with E-state index in [1.165, 1.54) is 0 Å². The Labute approximate surface area is 97.1 Å². The molecule has 16 heavy (non-hydrogen) atoms. The van der Waals surface area contributed by atoms with Gasteiger partial charge in [-0.25, -0.2) is 0 Å². The standard InChI is InChI=1S/C10H15N3O2S/c11-10(3-1-2-4-10)8(14)12-5-7-6-16-9(15)13-7/h6H,1-5,11H2,(H,12,14)(H,13,15). The molecule has 1 heterocycles. The van der Waals surface area contributed by atoms with Gasteiger partial charge >= 0.3 is 4.87 Å². The summed E-state index contributed by atoms with van der Waals surface area (Å²) in [4.78, 5) is 25.2. The van der Waals surface area contributed by atoms with Crippen LogP contribution >= 0.6 is 11.3 Å². The molecule has 1 amide bonds. The fourth-order valence-electron chi connectivity index (χ4n) is 1.99. The molecule has 4 N–H and O–H groups in total. The highest BCUT2D eigenvalue weighted by Crippen LogP contribution is 2.27. The second kappa shape index (κ2) is 4.39. The van der Waals surface area contributed by atoms with Crippen LogP contribution in [-0.2, 0) is 11.3 Å². The largest absolute Gasteiger partial charge is 0.349 e. The number of amides is 1. The third-order valence-electron chi connectivity index (χ3n) is 2.96. The van der Waals surface area contributed by atoms with Crippen LogP contribution in [0.25, 0.3) is 0 Å². The van der Waals surface area contributed by atoms with Crippen molar-refractivity contribution in [3.8, 4) is 0 Å². The third kappa shape index (κ3) is 2.33. The van der Waals surface area contributed by atoms with Crippen LogP contribution in [0.2, 0.25) is 0 Å². The Balaban J connectivity index is 1.90. The number of nitrogens with two attached hydrogens (primary N) is 1. The van der Waals surface area contributed by atoms with Gasteiger partial charge in [-0.1, -0.05) is 24.2 Å². The van der Waals surface area contributed by atoms with Crippen molar-refractivity contribution in [2.24, 2.45) is 5.73 Å². The van der Waals surface area contributed by atoms with Crippen LogP contribution in [-0.4, -0.2) is 16.4 Å². The Morgan fingerprint density at radius 2 is 2.25 bits per heavy atom. The summed E-state index contributed by atoms with van der Waals surface area (Å²) in [6.45, 7) is 0.344. The summed E-state index contributed by atoms with van der Waals surface area (Å²) in [5, 5.41) is 4.48. The van der Waals surface area contributed by atoms with Gasteiger partial charge in [0.15, 0.2) is 0 Å². The average Bonchev–Trinajstić information content (AvgIpc) is 2.85. The first-order valence-corrected chi connectivity index (χ1v) is 6.22. The van der Waals surface area contributed by atoms with Crippen molar-refractivity contribution in [1.82, 2.24) is 10.3 Å². The highest BCUT2D eigenvalue weighted by atomic mass is 32.1. The molecule has 0 unspecified atom stereocenters. The molecule has 0 spiro atoms. The maximum Gasteiger partial charge on any atom is 0.304 e. The number of thiazole rings is 1. The first-order valence-electron chi connectivity index (χ1n) is 5.34. The van der Waals surface area contributed by atoms with Gasteiger partial charge in [0.2, 0.25) is 5.91 Å². The number of carbonyl (C=O) groups is 1. The van der Waals surface area contributed by atoms with Gasteiger partial charge in [-0.3, -0.25) is 9.59 Å². The van der Waals surface area contributed by atoms with Crippen molar-refractivity contribution >= 4 is 17.2 Å². The van der Waals surface area contributed by atoms with E-state index in [0.29, 0.717) is 6.54 Å². The smallest absolute Gasteiger partial charge is 0.304 e. The molecule has 0 radical (unpaired) electrons. The number of aromatic amines is 1. The minimum atomic E-state index is -0.698. The summed E-state index contributed by atoms with van der Waals surface area (Å²) < 4.78 is 0. The second-order valence-electron chi connectivity index (χ2n) is 4.22. The number of hydrogen-bond acceptors (Lipinski definition) is 4. The van der Waals surface area contributed by atoms with Gasteiger partial charge in [-0.2, -0.15) is 0 Å². The zero-order valence-electron chi connectivity index (χ0n) is 8.91. The molecular formula is C10H15N3O2S. The molecule has 1 fully saturated rings. The lowest BCUT2D eigenvalue weighted by atomic mass is 9.98. The zero-order chi connectivity index (χ0) is 11.6. The maximum absolute atomic E-state index is 11.8. The summed E-state index contributed by atoms with van der Waals surface area (Å²) in [5.41, 5.74) is 6.02. The van der Waals surface area contributed by atoms with Gasteiger partial charge < -0.3 is 16.0 Å². The Bertz CT molecular complexity index is 431. The Morgan fingerprint density at radius 1 is 1.56 bits per heavy atom. The van der Waals surface area contributed by atoms with Gasteiger partial charge in [-0.05, 0) is 12.8 Å². The third-order valence-corrected chi connectivity index (χ3v) is 3.68. The quantitative estimate of drug-likeness (QED) is 0.712. The van der Waals surface area contributed by atoms with Crippen LogP contribution < -0.4 is 15.9 Å². The van der Waals surface area contributed by atoms with Crippen molar-refractivity contribution < 1.29 is 4.79 Å². The minimum Gasteiger partial charge on any atom is -0.349 e. The van der Waals surface area contributed by atoms with E-state index in [1.807, 2.05) is 0 Å². The van der Waals surface area contributed by atoms with Gasteiger partial charge in [0, 0.05) is 11.1 Å². The molecule has 1 aromatic heterocycles. The van der Waals surface area contributed by atoms with E-state index in [4.69, 9.17) is 5.73 Å². The summed E-state index contributed by atoms with van der Waals surface area (Å²) in [6.07, 6.45) is 3.52. The molecule has 1 aliphatic rings. The molecule has 0 aromatic carbocycles. The average molecular weight is 241 g/mol. The normalized spacial score (nSPS) is 18.6. The van der Waals surface area contributed by atoms with E-state index in [2.05, 4.69) is 10.3 Å². The van der Waals surface area contributed by atoms with E-state index in [1.54, 1.807) is 5.38 Å². The summed E-state index contributed by atoms with van der Waals surface area (Å²) in [7, 11) is 0. The number of H-pyrrole nitrogens is 1. The van der Waals surface area contributed by atoms with Crippen molar-refractivity contribution in [2.45, 2.75) is 37.8 Å². The monoisotopic (exact) mass is 241 g/mol. The van der Waals surface area contributed by atoms with Gasteiger partial charge in [0.25, 0.3) is 0 Å². The van der Waals surface area contributed by atoms with Crippen LogP contribution in [0.5, 0.6) is 0 Å². The lowest BCUT2D eigenvalue weighted by Gasteiger charge is -2.21. The molecule has 0 aliphatic heterocycles. The van der Waals surface area contributed by atoms with Crippen LogP contribution in [0.1, 0.15) is 31.4 Å². The first kappa shape index (κ1) is 11.3. The summed E-state index contributed by atoms with van der Waals surface area (Å²) in [5.74, 6) is -0.114. The highest BCUT2D eigenvalue weighted by Gasteiger charge is 2.36. The first-order chi connectivity index (χ1) is 7.60. The number of aromatic nitrogens is 1. The molecule has 6 heteroatoms. The lowest BCUT2D eigenvalue weighted by molar-refractivity contribution is -0.126. The molecule has 88 valence electrons. The van der Waals surface area contributed by atoms with Crippen LogP contribution in [0.3, 0.4) is 0 Å². The minimum absolute atomic E-state index is 0.104. The fraction of sp³-hybridized carbons (Fsp3) is 0.600. The van der Waals surface area contributed by atoms with E-state index < -0.39 is 5.54 Å². The van der Waals surface area contributed by atoms with Crippen LogP contribution in [0, 0.1) is 0 Å². The van der Waals surface area contributed by atoms with E-state index in [0.717, 1.165) is 42.7 Å². The summed E-state index contributed by atoms with van der Waals surface area (Å²) in [6, 6.07) is 0. The lowest BCUT2D eigenvalue weighted by Crippen LogP contribution is -2.51. The van der Waals surface area contributed by atoms with Crippen LogP contribution in [0.15, 0.2) is 10.2 Å². The molecule has 0 bridgehead atoms. The predicted octanol–water partition coefficient (Wildman–Crippen LogP) is 0.324. The molecule has 1 aromatic rings. The molecule has 1 aliphatic carbocycles. The molecule has 0 atom stereocenters. The number of rotatable bonds is 3. The van der Waals surface area contributed by atoms with E-state index >= 15 is 0 Å². The van der Waals surface area contributed by atoms with Crippen molar-refractivity contribution in [1.29, 1.82) is 0 Å². The molecule has 0 saturated heterocycles. The molecular weight excluding hydrogens is 226 g/mol. The molecule has 5 nitrogen and oxygen atoms in total. The SMILES string of the molecule is NC1(C(=O)NCc2csc(=O)[nH]2)CCCC1. The Hall–Kier alpha value is -1.14. The topological polar surface area (TPSA) is 88.0 Å². The summed E-state index contributed by atoms with van der Waals surface area (Å²) >= 11 is 1.09. The molecule has 2 rings (SSSR count).